The molecule has 1 aliphatic rings. The molecule has 1 N–H and O–H groups in total. The summed E-state index contributed by atoms with van der Waals surface area (Å²) in [5.41, 5.74) is -1.46. The van der Waals surface area contributed by atoms with Gasteiger partial charge in [0, 0.05) is 18.7 Å². The number of ether oxygens (including phenoxy) is 3. The Labute approximate surface area is 191 Å². The first-order valence-corrected chi connectivity index (χ1v) is 10.4. The number of nitrogens with one attached hydrogen (secondary N) is 1. The monoisotopic (exact) mass is 484 g/mol. The van der Waals surface area contributed by atoms with Gasteiger partial charge in [0.25, 0.3) is 5.91 Å². The molecule has 0 bridgehead atoms. The van der Waals surface area contributed by atoms with Gasteiger partial charge in [0.15, 0.2) is 28.5 Å². The van der Waals surface area contributed by atoms with Gasteiger partial charge in [0.2, 0.25) is 0 Å². The topological polar surface area (TPSA) is 87.0 Å². The summed E-state index contributed by atoms with van der Waals surface area (Å²) in [5, 5.41) is 6.15. The third-order valence-corrected chi connectivity index (χ3v) is 5.58. The number of amides is 1. The first kappa shape index (κ1) is 23.1. The van der Waals surface area contributed by atoms with Crippen molar-refractivity contribution in [3.63, 3.8) is 0 Å². The highest BCUT2D eigenvalue weighted by atomic mass is 35.5. The van der Waals surface area contributed by atoms with Gasteiger partial charge in [-0.05, 0) is 37.1 Å². The number of methoxy groups -OCH3 is 2. The minimum atomic E-state index is -4.78. The Morgan fingerprint density at radius 3 is 2.67 bits per heavy atom. The highest BCUT2D eigenvalue weighted by Gasteiger charge is 2.37. The normalized spacial score (nSPS) is 16.2. The number of fused-ring (bicyclic) bond motifs is 1. The predicted molar refractivity (Wildman–Crippen MR) is 113 cm³/mol. The molecule has 1 saturated heterocycles. The van der Waals surface area contributed by atoms with Crippen LogP contribution >= 0.6 is 11.6 Å². The lowest BCUT2D eigenvalue weighted by Gasteiger charge is -2.12. The minimum absolute atomic E-state index is 0.0242. The second kappa shape index (κ2) is 9.06. The summed E-state index contributed by atoms with van der Waals surface area (Å²) in [6.07, 6.45) is -3.26. The van der Waals surface area contributed by atoms with Crippen molar-refractivity contribution >= 4 is 23.2 Å². The number of nitrogens with zero attached hydrogens (tertiary/aromatic N) is 3. The van der Waals surface area contributed by atoms with Crippen molar-refractivity contribution in [1.29, 1.82) is 0 Å². The molecule has 4 rings (SSSR count). The number of halogens is 4. The summed E-state index contributed by atoms with van der Waals surface area (Å²) in [6.45, 7) is 0.812. The summed E-state index contributed by atoms with van der Waals surface area (Å²) in [7, 11) is 2.86. The number of carbonyl (C=O) groups excluding carboxylic acids is 1. The van der Waals surface area contributed by atoms with Gasteiger partial charge in [-0.3, -0.25) is 4.79 Å². The summed E-state index contributed by atoms with van der Waals surface area (Å²) < 4.78 is 58.0. The number of carbonyl (C=O) groups is 1. The van der Waals surface area contributed by atoms with Gasteiger partial charge < -0.3 is 19.5 Å². The van der Waals surface area contributed by atoms with Crippen molar-refractivity contribution in [3.05, 3.63) is 40.7 Å². The number of aromatic nitrogens is 3. The molecule has 1 aromatic carbocycles. The maximum atomic E-state index is 13.9. The molecule has 0 spiro atoms. The Hall–Kier alpha value is -3.05. The van der Waals surface area contributed by atoms with Crippen LogP contribution in [0, 0.1) is 0 Å². The van der Waals surface area contributed by atoms with Crippen LogP contribution in [0.1, 0.15) is 29.0 Å². The van der Waals surface area contributed by atoms with E-state index >= 15 is 0 Å². The molecule has 176 valence electrons. The van der Waals surface area contributed by atoms with E-state index in [1.54, 1.807) is 12.1 Å². The number of benzene rings is 1. The third kappa shape index (κ3) is 4.55. The van der Waals surface area contributed by atoms with E-state index < -0.39 is 17.8 Å². The van der Waals surface area contributed by atoms with Crippen LogP contribution in [-0.4, -0.2) is 54.0 Å². The lowest BCUT2D eigenvalue weighted by Crippen LogP contribution is -2.32. The van der Waals surface area contributed by atoms with Crippen molar-refractivity contribution in [2.24, 2.45) is 0 Å². The van der Waals surface area contributed by atoms with Gasteiger partial charge in [-0.1, -0.05) is 11.6 Å². The van der Waals surface area contributed by atoms with Crippen molar-refractivity contribution < 1.29 is 32.2 Å². The molecule has 1 aliphatic heterocycles. The molecule has 0 unspecified atom stereocenters. The van der Waals surface area contributed by atoms with Crippen LogP contribution in [0.3, 0.4) is 0 Å². The van der Waals surface area contributed by atoms with Gasteiger partial charge >= 0.3 is 6.18 Å². The van der Waals surface area contributed by atoms with Crippen LogP contribution in [0.5, 0.6) is 11.5 Å². The van der Waals surface area contributed by atoms with Crippen LogP contribution < -0.4 is 14.8 Å². The van der Waals surface area contributed by atoms with Crippen molar-refractivity contribution in [3.8, 4) is 22.8 Å². The van der Waals surface area contributed by atoms with E-state index in [2.05, 4.69) is 15.4 Å². The fourth-order valence-electron chi connectivity index (χ4n) is 3.58. The lowest BCUT2D eigenvalue weighted by molar-refractivity contribution is -0.142. The van der Waals surface area contributed by atoms with Crippen LogP contribution in [0.2, 0.25) is 5.02 Å². The predicted octanol–water partition coefficient (Wildman–Crippen LogP) is 3.99. The van der Waals surface area contributed by atoms with Crippen LogP contribution in [0.15, 0.2) is 24.3 Å². The molecule has 33 heavy (non-hydrogen) atoms. The SMILES string of the molecule is COc1ccc(-c2cc(C(F)(F)F)n3nc(C(=O)NC[C@H]4CCCO4)c(Cl)c3n2)cc1OC. The van der Waals surface area contributed by atoms with E-state index in [1.807, 2.05) is 0 Å². The number of rotatable bonds is 6. The maximum Gasteiger partial charge on any atom is 0.433 e. The maximum absolute atomic E-state index is 13.9. The summed E-state index contributed by atoms with van der Waals surface area (Å²) in [4.78, 5) is 16.9. The molecule has 1 amide bonds. The average Bonchev–Trinajstić information content (AvgIpc) is 3.43. The molecule has 1 atom stereocenters. The Bertz CT molecular complexity index is 1190. The van der Waals surface area contributed by atoms with Gasteiger partial charge in [-0.15, -0.1) is 0 Å². The summed E-state index contributed by atoms with van der Waals surface area (Å²) in [5.74, 6) is 0.0202. The summed E-state index contributed by atoms with van der Waals surface area (Å²) in [6, 6.07) is 5.43. The minimum Gasteiger partial charge on any atom is -0.493 e. The molecule has 0 radical (unpaired) electrons. The number of alkyl halides is 3. The third-order valence-electron chi connectivity index (χ3n) is 5.23. The largest absolute Gasteiger partial charge is 0.493 e. The van der Waals surface area contributed by atoms with Gasteiger partial charge in [-0.2, -0.15) is 18.3 Å². The van der Waals surface area contributed by atoms with E-state index in [1.165, 1.54) is 20.3 Å². The van der Waals surface area contributed by atoms with Crippen LogP contribution in [0.25, 0.3) is 16.9 Å². The van der Waals surface area contributed by atoms with Crippen molar-refractivity contribution in [1.82, 2.24) is 19.9 Å². The molecule has 12 heteroatoms. The van der Waals surface area contributed by atoms with E-state index in [0.29, 0.717) is 28.2 Å². The molecule has 1 fully saturated rings. The lowest BCUT2D eigenvalue weighted by atomic mass is 10.1. The standard InChI is InChI=1S/C21H20ClF3N4O4/c1-31-14-6-5-11(8-15(14)32-2)13-9-16(21(23,24)25)29-19(27-13)17(22)18(28-29)20(30)26-10-12-4-3-7-33-12/h5-6,8-9,12H,3-4,7,10H2,1-2H3,(H,26,30)/t12-/m1/s1. The van der Waals surface area contributed by atoms with Gasteiger partial charge in [-0.25, -0.2) is 9.50 Å². The first-order chi connectivity index (χ1) is 15.7. The molecular formula is C21H20ClF3N4O4. The van der Waals surface area contributed by atoms with Crippen molar-refractivity contribution in [2.45, 2.75) is 25.1 Å². The molecule has 3 aromatic rings. The van der Waals surface area contributed by atoms with Crippen molar-refractivity contribution in [2.75, 3.05) is 27.4 Å². The second-order valence-corrected chi connectivity index (χ2v) is 7.72. The Kier molecular flexibility index (Phi) is 6.35. The van der Waals surface area contributed by atoms with Gasteiger partial charge in [0.1, 0.15) is 5.02 Å². The fourth-order valence-corrected chi connectivity index (χ4v) is 3.82. The number of hydrogen-bond donors (Lipinski definition) is 1. The molecule has 0 saturated carbocycles. The van der Waals surface area contributed by atoms with Gasteiger partial charge in [0.05, 0.1) is 26.0 Å². The van der Waals surface area contributed by atoms with Crippen LogP contribution in [0.4, 0.5) is 13.2 Å². The molecule has 3 heterocycles. The van der Waals surface area contributed by atoms with E-state index in [0.717, 1.165) is 18.9 Å². The zero-order valence-electron chi connectivity index (χ0n) is 17.7. The Balaban J connectivity index is 1.78. The zero-order chi connectivity index (χ0) is 23.8. The molecule has 8 nitrogen and oxygen atoms in total. The van der Waals surface area contributed by atoms with E-state index in [9.17, 15) is 18.0 Å². The van der Waals surface area contributed by atoms with E-state index in [-0.39, 0.29) is 34.7 Å². The Morgan fingerprint density at radius 1 is 1.27 bits per heavy atom. The highest BCUT2D eigenvalue weighted by molar-refractivity contribution is 6.36. The highest BCUT2D eigenvalue weighted by Crippen LogP contribution is 2.37. The van der Waals surface area contributed by atoms with Crippen LogP contribution in [-0.2, 0) is 10.9 Å². The fraction of sp³-hybridized carbons (Fsp3) is 0.381. The average molecular weight is 485 g/mol. The number of hydrogen-bond acceptors (Lipinski definition) is 6. The molecule has 0 aliphatic carbocycles. The first-order valence-electron chi connectivity index (χ1n) is 10.0. The van der Waals surface area contributed by atoms with E-state index in [4.69, 9.17) is 25.8 Å². The quantitative estimate of drug-likeness (QED) is 0.569. The molecular weight excluding hydrogens is 465 g/mol. The molecule has 2 aromatic heterocycles. The smallest absolute Gasteiger partial charge is 0.433 e. The summed E-state index contributed by atoms with van der Waals surface area (Å²) >= 11 is 6.29. The zero-order valence-corrected chi connectivity index (χ0v) is 18.5. The Morgan fingerprint density at radius 2 is 2.03 bits per heavy atom. The second-order valence-electron chi connectivity index (χ2n) is 7.34.